The summed E-state index contributed by atoms with van der Waals surface area (Å²) in [6, 6.07) is 0. The van der Waals surface area contributed by atoms with Crippen molar-refractivity contribution in [1.82, 2.24) is 4.90 Å². The van der Waals surface area contributed by atoms with Crippen LogP contribution in [0.25, 0.3) is 0 Å². The lowest BCUT2D eigenvalue weighted by Crippen LogP contribution is -2.42. The van der Waals surface area contributed by atoms with Gasteiger partial charge in [0.25, 0.3) is 0 Å². The molecular weight excluding hydrogens is 158 g/mol. The molecule has 1 N–H and O–H groups in total. The highest BCUT2D eigenvalue weighted by Gasteiger charge is 2.37. The van der Waals surface area contributed by atoms with E-state index in [0.29, 0.717) is 6.54 Å². The van der Waals surface area contributed by atoms with Crippen molar-refractivity contribution in [1.29, 1.82) is 0 Å². The smallest absolute Gasteiger partial charge is 0.410 e. The van der Waals surface area contributed by atoms with Crippen molar-refractivity contribution in [3.8, 4) is 0 Å². The predicted octanol–water partition coefficient (Wildman–Crippen LogP) is 0.598. The molecule has 0 saturated carbocycles. The third-order valence-corrected chi connectivity index (χ3v) is 1.89. The molecule has 1 atom stereocenters. The summed E-state index contributed by atoms with van der Waals surface area (Å²) in [6.07, 6.45) is -0.682. The van der Waals surface area contributed by atoms with Gasteiger partial charge in [-0.05, 0) is 20.8 Å². The van der Waals surface area contributed by atoms with Crippen LogP contribution in [0.2, 0.25) is 0 Å². The van der Waals surface area contributed by atoms with Crippen LogP contribution >= 0.6 is 0 Å². The standard InChI is InChI=1S/C8H15NO3/c1-8(2,3)9-4-6(5-10)12-7(9)11/h6,10H,4-5H2,1-3H3/t6-/m0/s1. The first kappa shape index (κ1) is 9.32. The lowest BCUT2D eigenvalue weighted by Gasteiger charge is -2.29. The quantitative estimate of drug-likeness (QED) is 0.631. The number of carbonyl (C=O) groups is 1. The molecule has 4 nitrogen and oxygen atoms in total. The average molecular weight is 173 g/mol. The summed E-state index contributed by atoms with van der Waals surface area (Å²) in [5, 5.41) is 8.76. The zero-order valence-corrected chi connectivity index (χ0v) is 7.70. The molecule has 0 bridgehead atoms. The fourth-order valence-electron chi connectivity index (χ4n) is 1.16. The first-order valence-electron chi connectivity index (χ1n) is 4.04. The summed E-state index contributed by atoms with van der Waals surface area (Å²) in [4.78, 5) is 12.8. The lowest BCUT2D eigenvalue weighted by atomic mass is 10.1. The van der Waals surface area contributed by atoms with Gasteiger partial charge < -0.3 is 9.84 Å². The van der Waals surface area contributed by atoms with Crippen LogP contribution in [-0.2, 0) is 4.74 Å². The van der Waals surface area contributed by atoms with E-state index in [2.05, 4.69) is 0 Å². The minimum Gasteiger partial charge on any atom is -0.442 e. The number of aliphatic hydroxyl groups excluding tert-OH is 1. The van der Waals surface area contributed by atoms with Crippen LogP contribution in [0.3, 0.4) is 0 Å². The van der Waals surface area contributed by atoms with Crippen LogP contribution in [0, 0.1) is 0 Å². The number of aliphatic hydroxyl groups is 1. The van der Waals surface area contributed by atoms with Gasteiger partial charge in [0.05, 0.1) is 13.2 Å². The molecule has 0 aromatic carbocycles. The summed E-state index contributed by atoms with van der Waals surface area (Å²) in [5.41, 5.74) is -0.221. The van der Waals surface area contributed by atoms with Crippen molar-refractivity contribution in [2.24, 2.45) is 0 Å². The van der Waals surface area contributed by atoms with E-state index in [0.717, 1.165) is 0 Å². The number of amides is 1. The van der Waals surface area contributed by atoms with E-state index in [1.165, 1.54) is 0 Å². The molecule has 1 saturated heterocycles. The molecule has 0 aromatic rings. The molecule has 0 radical (unpaired) electrons. The summed E-state index contributed by atoms with van der Waals surface area (Å²) in [5.74, 6) is 0. The van der Waals surface area contributed by atoms with Gasteiger partial charge in [-0.3, -0.25) is 4.90 Å². The third-order valence-electron chi connectivity index (χ3n) is 1.89. The van der Waals surface area contributed by atoms with Crippen LogP contribution in [-0.4, -0.2) is 40.9 Å². The Hall–Kier alpha value is -0.770. The second-order valence-electron chi connectivity index (χ2n) is 3.97. The van der Waals surface area contributed by atoms with Gasteiger partial charge in [-0.25, -0.2) is 4.79 Å². The normalized spacial score (nSPS) is 24.5. The number of hydrogen-bond donors (Lipinski definition) is 1. The number of carbonyl (C=O) groups excluding carboxylic acids is 1. The summed E-state index contributed by atoms with van der Waals surface area (Å²) >= 11 is 0. The Morgan fingerprint density at radius 2 is 2.25 bits per heavy atom. The monoisotopic (exact) mass is 173 g/mol. The molecule has 1 amide bonds. The topological polar surface area (TPSA) is 49.8 Å². The molecule has 1 aliphatic rings. The summed E-state index contributed by atoms with van der Waals surface area (Å²) in [7, 11) is 0. The zero-order chi connectivity index (χ0) is 9.35. The Kier molecular flexibility index (Phi) is 2.28. The largest absolute Gasteiger partial charge is 0.442 e. The van der Waals surface area contributed by atoms with E-state index in [1.807, 2.05) is 20.8 Å². The minimum absolute atomic E-state index is 0.0989. The molecule has 70 valence electrons. The van der Waals surface area contributed by atoms with Crippen molar-refractivity contribution in [3.05, 3.63) is 0 Å². The Balaban J connectivity index is 2.64. The van der Waals surface area contributed by atoms with Crippen molar-refractivity contribution in [2.45, 2.75) is 32.4 Å². The van der Waals surface area contributed by atoms with Crippen LogP contribution in [0.1, 0.15) is 20.8 Å². The number of nitrogens with zero attached hydrogens (tertiary/aromatic N) is 1. The third kappa shape index (κ3) is 1.69. The minimum atomic E-state index is -0.350. The molecule has 1 heterocycles. The highest BCUT2D eigenvalue weighted by molar-refractivity contribution is 5.70. The maximum absolute atomic E-state index is 11.2. The van der Waals surface area contributed by atoms with Crippen molar-refractivity contribution in [3.63, 3.8) is 0 Å². The number of cyclic esters (lactones) is 1. The molecule has 0 spiro atoms. The highest BCUT2D eigenvalue weighted by atomic mass is 16.6. The fraction of sp³-hybridized carbons (Fsp3) is 0.875. The van der Waals surface area contributed by atoms with Gasteiger partial charge in [-0.15, -0.1) is 0 Å². The fourth-order valence-corrected chi connectivity index (χ4v) is 1.16. The van der Waals surface area contributed by atoms with Gasteiger partial charge in [0, 0.05) is 5.54 Å². The molecule has 12 heavy (non-hydrogen) atoms. The Morgan fingerprint density at radius 1 is 1.67 bits per heavy atom. The van der Waals surface area contributed by atoms with E-state index in [1.54, 1.807) is 4.90 Å². The van der Waals surface area contributed by atoms with Gasteiger partial charge in [-0.1, -0.05) is 0 Å². The van der Waals surface area contributed by atoms with E-state index in [9.17, 15) is 4.79 Å². The first-order chi connectivity index (χ1) is 5.45. The molecule has 1 fully saturated rings. The molecule has 0 unspecified atom stereocenters. The predicted molar refractivity (Wildman–Crippen MR) is 43.8 cm³/mol. The zero-order valence-electron chi connectivity index (χ0n) is 7.70. The number of hydrogen-bond acceptors (Lipinski definition) is 3. The van der Waals surface area contributed by atoms with Crippen molar-refractivity contribution < 1.29 is 14.6 Å². The number of ether oxygens (including phenoxy) is 1. The summed E-state index contributed by atoms with van der Waals surface area (Å²) < 4.78 is 4.89. The highest BCUT2D eigenvalue weighted by Crippen LogP contribution is 2.21. The number of rotatable bonds is 1. The van der Waals surface area contributed by atoms with Crippen molar-refractivity contribution in [2.75, 3.05) is 13.2 Å². The molecule has 0 aliphatic carbocycles. The Labute approximate surface area is 72.1 Å². The average Bonchev–Trinajstić information content (AvgIpc) is 2.29. The maximum Gasteiger partial charge on any atom is 0.410 e. The molecule has 0 aromatic heterocycles. The van der Waals surface area contributed by atoms with E-state index < -0.39 is 0 Å². The van der Waals surface area contributed by atoms with E-state index in [-0.39, 0.29) is 24.3 Å². The van der Waals surface area contributed by atoms with Crippen LogP contribution in [0.5, 0.6) is 0 Å². The van der Waals surface area contributed by atoms with E-state index in [4.69, 9.17) is 9.84 Å². The van der Waals surface area contributed by atoms with Crippen LogP contribution < -0.4 is 0 Å². The van der Waals surface area contributed by atoms with Gasteiger partial charge in [0.2, 0.25) is 0 Å². The van der Waals surface area contributed by atoms with Crippen molar-refractivity contribution >= 4 is 6.09 Å². The van der Waals surface area contributed by atoms with Gasteiger partial charge in [-0.2, -0.15) is 0 Å². The molecular formula is C8H15NO3. The Bertz CT molecular complexity index is 185. The molecule has 1 aliphatic heterocycles. The van der Waals surface area contributed by atoms with Gasteiger partial charge in [0.15, 0.2) is 0 Å². The van der Waals surface area contributed by atoms with Crippen LogP contribution in [0.15, 0.2) is 0 Å². The second-order valence-corrected chi connectivity index (χ2v) is 3.97. The van der Waals surface area contributed by atoms with Gasteiger partial charge in [0.1, 0.15) is 6.10 Å². The molecule has 1 rings (SSSR count). The Morgan fingerprint density at radius 3 is 2.50 bits per heavy atom. The lowest BCUT2D eigenvalue weighted by molar-refractivity contribution is 0.0927. The first-order valence-corrected chi connectivity index (χ1v) is 4.04. The summed E-state index contributed by atoms with van der Waals surface area (Å²) in [6.45, 7) is 6.20. The van der Waals surface area contributed by atoms with Crippen LogP contribution in [0.4, 0.5) is 4.79 Å². The second kappa shape index (κ2) is 2.94. The van der Waals surface area contributed by atoms with Gasteiger partial charge >= 0.3 is 6.09 Å². The SMILES string of the molecule is CC(C)(C)N1C[C@@H](CO)OC1=O. The van der Waals surface area contributed by atoms with E-state index >= 15 is 0 Å². The molecule has 4 heteroatoms. The maximum atomic E-state index is 11.2.